The van der Waals surface area contributed by atoms with E-state index < -0.39 is 0 Å². The highest BCUT2D eigenvalue weighted by atomic mass is 79.9. The molecule has 1 aromatic rings. The molecule has 0 radical (unpaired) electrons. The summed E-state index contributed by atoms with van der Waals surface area (Å²) in [6, 6.07) is 6.49. The summed E-state index contributed by atoms with van der Waals surface area (Å²) < 4.78 is 6.71. The van der Waals surface area contributed by atoms with Gasteiger partial charge in [0.25, 0.3) is 0 Å². The lowest BCUT2D eigenvalue weighted by Gasteiger charge is -2.30. The van der Waals surface area contributed by atoms with E-state index in [2.05, 4.69) is 51.4 Å². The van der Waals surface area contributed by atoms with Crippen LogP contribution in [0.2, 0.25) is 0 Å². The molecule has 0 amide bonds. The van der Waals surface area contributed by atoms with Crippen LogP contribution < -0.4 is 10.2 Å². The largest absolute Gasteiger partial charge is 0.381 e. The SMILES string of the molecule is CNCc1ccc(Br)cc1N(C)CC1CCCOC1. The minimum atomic E-state index is 0.653. The van der Waals surface area contributed by atoms with Crippen molar-refractivity contribution in [1.82, 2.24) is 5.32 Å². The second-order valence-corrected chi connectivity index (χ2v) is 6.18. The fraction of sp³-hybridized carbons (Fsp3) is 0.600. The van der Waals surface area contributed by atoms with Crippen LogP contribution in [0, 0.1) is 5.92 Å². The molecule has 0 aliphatic carbocycles. The van der Waals surface area contributed by atoms with Crippen molar-refractivity contribution in [2.24, 2.45) is 5.92 Å². The molecule has 0 saturated carbocycles. The Balaban J connectivity index is 2.07. The van der Waals surface area contributed by atoms with Crippen molar-refractivity contribution >= 4 is 21.6 Å². The Morgan fingerprint density at radius 3 is 3.00 bits per heavy atom. The molecule has 1 saturated heterocycles. The van der Waals surface area contributed by atoms with Crippen LogP contribution >= 0.6 is 15.9 Å². The predicted octanol–water partition coefficient (Wildman–Crippen LogP) is 3.03. The number of hydrogen-bond donors (Lipinski definition) is 1. The molecule has 0 aromatic heterocycles. The van der Waals surface area contributed by atoms with Crippen LogP contribution in [-0.2, 0) is 11.3 Å². The zero-order valence-electron chi connectivity index (χ0n) is 11.8. The summed E-state index contributed by atoms with van der Waals surface area (Å²) in [4.78, 5) is 2.36. The summed E-state index contributed by atoms with van der Waals surface area (Å²) in [5.41, 5.74) is 2.64. The van der Waals surface area contributed by atoms with Crippen molar-refractivity contribution in [2.75, 3.05) is 38.8 Å². The maximum Gasteiger partial charge on any atom is 0.0511 e. The topological polar surface area (TPSA) is 24.5 Å². The third kappa shape index (κ3) is 4.20. The van der Waals surface area contributed by atoms with Gasteiger partial charge in [0, 0.05) is 36.9 Å². The molecule has 2 rings (SSSR count). The average molecular weight is 327 g/mol. The van der Waals surface area contributed by atoms with Crippen molar-refractivity contribution in [2.45, 2.75) is 19.4 Å². The number of nitrogens with zero attached hydrogens (tertiary/aromatic N) is 1. The van der Waals surface area contributed by atoms with Gasteiger partial charge < -0.3 is 15.0 Å². The minimum Gasteiger partial charge on any atom is -0.381 e. The summed E-state index contributed by atoms with van der Waals surface area (Å²) in [5, 5.41) is 3.24. The third-order valence-corrected chi connectivity index (χ3v) is 4.11. The molecule has 0 spiro atoms. The van der Waals surface area contributed by atoms with Gasteiger partial charge in [-0.25, -0.2) is 0 Å². The number of ether oxygens (including phenoxy) is 1. The van der Waals surface area contributed by atoms with Crippen LogP contribution in [0.5, 0.6) is 0 Å². The summed E-state index contributed by atoms with van der Waals surface area (Å²) in [5.74, 6) is 0.653. The lowest BCUT2D eigenvalue weighted by Crippen LogP contribution is -2.31. The van der Waals surface area contributed by atoms with Gasteiger partial charge in [0.2, 0.25) is 0 Å². The van der Waals surface area contributed by atoms with E-state index in [4.69, 9.17) is 4.74 Å². The molecule has 1 atom stereocenters. The van der Waals surface area contributed by atoms with Gasteiger partial charge in [0.1, 0.15) is 0 Å². The Hall–Kier alpha value is -0.580. The van der Waals surface area contributed by atoms with Gasteiger partial charge >= 0.3 is 0 Å². The highest BCUT2D eigenvalue weighted by Crippen LogP contribution is 2.26. The predicted molar refractivity (Wildman–Crippen MR) is 83.7 cm³/mol. The molecule has 1 heterocycles. The first-order chi connectivity index (χ1) is 9.20. The standard InChI is InChI=1S/C15H23BrN2O/c1-17-9-13-5-6-14(16)8-15(13)18(2)10-12-4-3-7-19-11-12/h5-6,8,12,17H,3-4,7,9-11H2,1-2H3. The van der Waals surface area contributed by atoms with Gasteiger partial charge in [-0.2, -0.15) is 0 Å². The smallest absolute Gasteiger partial charge is 0.0511 e. The van der Waals surface area contributed by atoms with Gasteiger partial charge in [-0.1, -0.05) is 22.0 Å². The van der Waals surface area contributed by atoms with E-state index in [9.17, 15) is 0 Å². The van der Waals surface area contributed by atoms with Crippen LogP contribution in [-0.4, -0.2) is 33.9 Å². The van der Waals surface area contributed by atoms with Crippen LogP contribution in [0.4, 0.5) is 5.69 Å². The summed E-state index contributed by atoms with van der Waals surface area (Å²) in [7, 11) is 4.16. The Morgan fingerprint density at radius 1 is 1.47 bits per heavy atom. The molecule has 1 aliphatic heterocycles. The molecule has 4 heteroatoms. The molecule has 1 fully saturated rings. The second-order valence-electron chi connectivity index (χ2n) is 5.27. The lowest BCUT2D eigenvalue weighted by atomic mass is 10.0. The van der Waals surface area contributed by atoms with Crippen LogP contribution in [0.1, 0.15) is 18.4 Å². The number of nitrogens with one attached hydrogen (secondary N) is 1. The highest BCUT2D eigenvalue weighted by molar-refractivity contribution is 9.10. The molecular weight excluding hydrogens is 304 g/mol. The first kappa shape index (κ1) is 14.8. The fourth-order valence-electron chi connectivity index (χ4n) is 2.67. The molecular formula is C15H23BrN2O. The van der Waals surface area contributed by atoms with Crippen molar-refractivity contribution < 1.29 is 4.74 Å². The molecule has 1 aromatic carbocycles. The first-order valence-electron chi connectivity index (χ1n) is 6.92. The van der Waals surface area contributed by atoms with Crippen molar-refractivity contribution in [1.29, 1.82) is 0 Å². The Morgan fingerprint density at radius 2 is 2.32 bits per heavy atom. The fourth-order valence-corrected chi connectivity index (χ4v) is 3.02. The van der Waals surface area contributed by atoms with E-state index in [1.165, 1.54) is 24.1 Å². The maximum atomic E-state index is 5.57. The van der Waals surface area contributed by atoms with E-state index in [1.54, 1.807) is 0 Å². The van der Waals surface area contributed by atoms with E-state index in [-0.39, 0.29) is 0 Å². The number of benzene rings is 1. The number of halogens is 1. The second kappa shape index (κ2) is 7.27. The van der Waals surface area contributed by atoms with Crippen molar-refractivity contribution in [3.05, 3.63) is 28.2 Å². The van der Waals surface area contributed by atoms with Gasteiger partial charge in [-0.3, -0.25) is 0 Å². The third-order valence-electron chi connectivity index (χ3n) is 3.61. The van der Waals surface area contributed by atoms with Crippen LogP contribution in [0.15, 0.2) is 22.7 Å². The molecule has 19 heavy (non-hydrogen) atoms. The van der Waals surface area contributed by atoms with Gasteiger partial charge in [-0.15, -0.1) is 0 Å². The van der Waals surface area contributed by atoms with Crippen molar-refractivity contribution in [3.63, 3.8) is 0 Å². The van der Waals surface area contributed by atoms with Gasteiger partial charge in [0.05, 0.1) is 6.61 Å². The van der Waals surface area contributed by atoms with Crippen LogP contribution in [0.25, 0.3) is 0 Å². The Bertz CT molecular complexity index is 405. The molecule has 106 valence electrons. The highest BCUT2D eigenvalue weighted by Gasteiger charge is 2.17. The summed E-state index contributed by atoms with van der Waals surface area (Å²) >= 11 is 3.57. The lowest BCUT2D eigenvalue weighted by molar-refractivity contribution is 0.0576. The van der Waals surface area contributed by atoms with E-state index in [0.717, 1.165) is 30.8 Å². The normalized spacial score (nSPS) is 19.4. The molecule has 3 nitrogen and oxygen atoms in total. The van der Waals surface area contributed by atoms with E-state index in [0.29, 0.717) is 5.92 Å². The zero-order chi connectivity index (χ0) is 13.7. The monoisotopic (exact) mass is 326 g/mol. The number of anilines is 1. The van der Waals surface area contributed by atoms with Gasteiger partial charge in [-0.05, 0) is 43.5 Å². The summed E-state index contributed by atoms with van der Waals surface area (Å²) in [6.07, 6.45) is 2.47. The number of hydrogen-bond acceptors (Lipinski definition) is 3. The Labute approximate surface area is 124 Å². The summed E-state index contributed by atoms with van der Waals surface area (Å²) in [6.45, 7) is 3.79. The number of rotatable bonds is 5. The molecule has 1 N–H and O–H groups in total. The van der Waals surface area contributed by atoms with E-state index >= 15 is 0 Å². The van der Waals surface area contributed by atoms with E-state index in [1.807, 2.05) is 7.05 Å². The van der Waals surface area contributed by atoms with Crippen LogP contribution in [0.3, 0.4) is 0 Å². The zero-order valence-corrected chi connectivity index (χ0v) is 13.4. The minimum absolute atomic E-state index is 0.653. The first-order valence-corrected chi connectivity index (χ1v) is 7.72. The molecule has 0 bridgehead atoms. The average Bonchev–Trinajstić information content (AvgIpc) is 2.42. The molecule has 1 unspecified atom stereocenters. The Kier molecular flexibility index (Phi) is 5.67. The quantitative estimate of drug-likeness (QED) is 0.900. The van der Waals surface area contributed by atoms with Gasteiger partial charge in [0.15, 0.2) is 0 Å². The van der Waals surface area contributed by atoms with Crippen molar-refractivity contribution in [3.8, 4) is 0 Å². The molecule has 1 aliphatic rings. The maximum absolute atomic E-state index is 5.57.